The molecule has 7 heteroatoms. The van der Waals surface area contributed by atoms with Gasteiger partial charge >= 0.3 is 5.97 Å². The van der Waals surface area contributed by atoms with Crippen LogP contribution in [0, 0.1) is 5.82 Å². The summed E-state index contributed by atoms with van der Waals surface area (Å²) < 4.78 is 17.9. The van der Waals surface area contributed by atoms with Crippen LogP contribution in [0.5, 0.6) is 0 Å². The molecule has 1 atom stereocenters. The van der Waals surface area contributed by atoms with Crippen LogP contribution >= 0.6 is 28.1 Å². The molecule has 0 fully saturated rings. The molecule has 1 rings (SSSR count). The first kappa shape index (κ1) is 17.8. The van der Waals surface area contributed by atoms with Gasteiger partial charge in [-0.1, -0.05) is 28.1 Å². The molecule has 0 aliphatic carbocycles. The summed E-state index contributed by atoms with van der Waals surface area (Å²) in [4.78, 5) is 13.3. The Labute approximate surface area is 137 Å². The third kappa shape index (κ3) is 4.93. The highest BCUT2D eigenvalue weighted by Gasteiger charge is 2.32. The first-order valence-corrected chi connectivity index (χ1v) is 7.67. The number of esters is 1. The minimum Gasteiger partial charge on any atom is -0.465 e. The number of rotatable bonds is 6. The quantitative estimate of drug-likeness (QED) is 0.469. The number of anilines is 1. The molecular formula is C14H18BrFN2O2S. The van der Waals surface area contributed by atoms with Crippen molar-refractivity contribution in [1.29, 1.82) is 0 Å². The molecule has 1 aromatic rings. The Morgan fingerprint density at radius 3 is 2.67 bits per heavy atom. The maximum atomic E-state index is 13.8. The molecule has 0 aliphatic heterocycles. The Balaban J connectivity index is 2.84. The van der Waals surface area contributed by atoms with Crippen molar-refractivity contribution in [1.82, 2.24) is 0 Å². The average Bonchev–Trinajstić information content (AvgIpc) is 2.40. The largest absolute Gasteiger partial charge is 0.465 e. The molecule has 1 aromatic carbocycles. The maximum absolute atomic E-state index is 13.8. The Hall–Kier alpha value is -1.21. The molecule has 21 heavy (non-hydrogen) atoms. The van der Waals surface area contributed by atoms with E-state index >= 15 is 0 Å². The highest BCUT2D eigenvalue weighted by atomic mass is 79.9. The van der Waals surface area contributed by atoms with Gasteiger partial charge in [0.1, 0.15) is 10.1 Å². The predicted molar refractivity (Wildman–Crippen MR) is 89.1 cm³/mol. The number of nitrogens with two attached hydrogens (primary N) is 1. The number of ether oxygens (including phenoxy) is 1. The molecule has 2 N–H and O–H groups in total. The minimum absolute atomic E-state index is 0.0484. The van der Waals surface area contributed by atoms with E-state index in [-0.39, 0.29) is 23.3 Å². The lowest BCUT2D eigenvalue weighted by molar-refractivity contribution is -0.145. The van der Waals surface area contributed by atoms with Crippen LogP contribution in [0.25, 0.3) is 0 Å². The van der Waals surface area contributed by atoms with E-state index in [4.69, 9.17) is 22.7 Å². The molecule has 0 heterocycles. The fraction of sp³-hybridized carbons (Fsp3) is 0.429. The van der Waals surface area contributed by atoms with Crippen LogP contribution in [0.2, 0.25) is 0 Å². The van der Waals surface area contributed by atoms with Gasteiger partial charge in [0, 0.05) is 6.54 Å². The molecule has 0 aliphatic rings. The molecule has 0 saturated carbocycles. The number of para-hydroxylation sites is 1. The molecule has 0 aromatic heterocycles. The van der Waals surface area contributed by atoms with Crippen molar-refractivity contribution in [2.24, 2.45) is 5.73 Å². The minimum atomic E-state index is -0.878. The number of alkyl halides is 1. The van der Waals surface area contributed by atoms with E-state index in [0.29, 0.717) is 13.0 Å². The van der Waals surface area contributed by atoms with Crippen molar-refractivity contribution in [2.45, 2.75) is 24.6 Å². The molecule has 0 radical (unpaired) electrons. The van der Waals surface area contributed by atoms with Crippen molar-refractivity contribution in [3.05, 3.63) is 30.1 Å². The van der Waals surface area contributed by atoms with E-state index in [9.17, 15) is 9.18 Å². The van der Waals surface area contributed by atoms with Crippen LogP contribution < -0.4 is 10.6 Å². The number of hydrogen-bond acceptors (Lipinski definition) is 3. The van der Waals surface area contributed by atoms with Gasteiger partial charge < -0.3 is 15.4 Å². The SMILES string of the molecule is CCOC(=O)C(C)(Br)CCN(C(N)=S)c1ccccc1F. The van der Waals surface area contributed by atoms with Crippen molar-refractivity contribution in [3.8, 4) is 0 Å². The fourth-order valence-electron chi connectivity index (χ4n) is 1.73. The maximum Gasteiger partial charge on any atom is 0.322 e. The highest BCUT2D eigenvalue weighted by Crippen LogP contribution is 2.26. The number of nitrogens with zero attached hydrogens (tertiary/aromatic N) is 1. The lowest BCUT2D eigenvalue weighted by Gasteiger charge is -2.27. The summed E-state index contributed by atoms with van der Waals surface area (Å²) in [6.45, 7) is 4.02. The molecular weight excluding hydrogens is 359 g/mol. The van der Waals surface area contributed by atoms with E-state index in [0.717, 1.165) is 0 Å². The number of halogens is 2. The van der Waals surface area contributed by atoms with E-state index < -0.39 is 10.1 Å². The predicted octanol–water partition coefficient (Wildman–Crippen LogP) is 2.98. The zero-order valence-electron chi connectivity index (χ0n) is 11.9. The van der Waals surface area contributed by atoms with Gasteiger partial charge in [-0.15, -0.1) is 0 Å². The summed E-state index contributed by atoms with van der Waals surface area (Å²) in [6.07, 6.45) is 0.359. The summed E-state index contributed by atoms with van der Waals surface area (Å²) in [5.74, 6) is -0.792. The average molecular weight is 377 g/mol. The second-order valence-electron chi connectivity index (χ2n) is 4.61. The first-order chi connectivity index (χ1) is 9.79. The van der Waals surface area contributed by atoms with Gasteiger partial charge in [-0.2, -0.15) is 0 Å². The lowest BCUT2D eigenvalue weighted by atomic mass is 10.1. The third-order valence-electron chi connectivity index (χ3n) is 2.92. The van der Waals surface area contributed by atoms with Crippen molar-refractivity contribution >= 4 is 44.9 Å². The van der Waals surface area contributed by atoms with Crippen LogP contribution in [-0.4, -0.2) is 28.6 Å². The van der Waals surface area contributed by atoms with Gasteiger partial charge in [0.2, 0.25) is 0 Å². The summed E-state index contributed by atoms with van der Waals surface area (Å²) in [6, 6.07) is 6.20. The van der Waals surface area contributed by atoms with E-state index in [2.05, 4.69) is 15.9 Å². The molecule has 0 spiro atoms. The number of carbonyl (C=O) groups excluding carboxylic acids is 1. The first-order valence-electron chi connectivity index (χ1n) is 6.47. The zero-order valence-corrected chi connectivity index (χ0v) is 14.3. The molecule has 116 valence electrons. The second kappa shape index (κ2) is 7.70. The standard InChI is InChI=1S/C14H18BrFN2O2S/c1-3-20-12(19)14(2,15)8-9-18(13(17)21)11-7-5-4-6-10(11)16/h4-7H,3,8-9H2,1-2H3,(H2,17,21). The highest BCUT2D eigenvalue weighted by molar-refractivity contribution is 9.10. The summed E-state index contributed by atoms with van der Waals surface area (Å²) in [5, 5.41) is 0.0484. The Bertz CT molecular complexity index is 525. The Kier molecular flexibility index (Phi) is 6.54. The van der Waals surface area contributed by atoms with Crippen molar-refractivity contribution < 1.29 is 13.9 Å². The monoisotopic (exact) mass is 376 g/mol. The van der Waals surface area contributed by atoms with Crippen LogP contribution in [0.1, 0.15) is 20.3 Å². The topological polar surface area (TPSA) is 55.6 Å². The number of thiocarbonyl (C=S) groups is 1. The molecule has 0 saturated heterocycles. The number of hydrogen-bond donors (Lipinski definition) is 1. The summed E-state index contributed by atoms with van der Waals surface area (Å²) in [5.41, 5.74) is 5.95. The van der Waals surface area contributed by atoms with Gasteiger partial charge in [0.05, 0.1) is 12.3 Å². The van der Waals surface area contributed by atoms with Gasteiger partial charge in [0.15, 0.2) is 5.11 Å². The number of carbonyl (C=O) groups is 1. The lowest BCUT2D eigenvalue weighted by Crippen LogP contribution is -2.41. The fourth-order valence-corrected chi connectivity index (χ4v) is 2.21. The molecule has 0 bridgehead atoms. The second-order valence-corrected chi connectivity index (χ2v) is 6.78. The normalized spacial score (nSPS) is 13.3. The Morgan fingerprint density at radius 2 is 2.14 bits per heavy atom. The van der Waals surface area contributed by atoms with Gasteiger partial charge in [-0.3, -0.25) is 4.79 Å². The van der Waals surface area contributed by atoms with E-state index in [1.807, 2.05) is 0 Å². The van der Waals surface area contributed by atoms with Crippen LogP contribution in [-0.2, 0) is 9.53 Å². The van der Waals surface area contributed by atoms with Crippen LogP contribution in [0.4, 0.5) is 10.1 Å². The Morgan fingerprint density at radius 1 is 1.52 bits per heavy atom. The van der Waals surface area contributed by atoms with Crippen molar-refractivity contribution in [3.63, 3.8) is 0 Å². The zero-order chi connectivity index (χ0) is 16.0. The molecule has 4 nitrogen and oxygen atoms in total. The summed E-state index contributed by atoms with van der Waals surface area (Å²) >= 11 is 8.31. The molecule has 1 unspecified atom stereocenters. The van der Waals surface area contributed by atoms with E-state index in [1.165, 1.54) is 11.0 Å². The van der Waals surface area contributed by atoms with Crippen molar-refractivity contribution in [2.75, 3.05) is 18.1 Å². The van der Waals surface area contributed by atoms with Crippen LogP contribution in [0.15, 0.2) is 24.3 Å². The van der Waals surface area contributed by atoms with Gasteiger partial charge in [-0.25, -0.2) is 4.39 Å². The third-order valence-corrected chi connectivity index (χ3v) is 3.86. The van der Waals surface area contributed by atoms with E-state index in [1.54, 1.807) is 32.0 Å². The smallest absolute Gasteiger partial charge is 0.322 e. The van der Waals surface area contributed by atoms with Gasteiger partial charge in [0.25, 0.3) is 0 Å². The van der Waals surface area contributed by atoms with Crippen LogP contribution in [0.3, 0.4) is 0 Å². The molecule has 0 amide bonds. The van der Waals surface area contributed by atoms with Gasteiger partial charge in [-0.05, 0) is 44.6 Å². The number of benzene rings is 1. The summed E-state index contributed by atoms with van der Waals surface area (Å²) in [7, 11) is 0.